The minimum Gasteiger partial charge on any atom is -0.344 e. The van der Waals surface area contributed by atoms with Gasteiger partial charge < -0.3 is 4.74 Å². The predicted molar refractivity (Wildman–Crippen MR) is 81.4 cm³/mol. The van der Waals surface area contributed by atoms with E-state index >= 15 is 0 Å². The summed E-state index contributed by atoms with van der Waals surface area (Å²) in [6, 6.07) is 17.5. The summed E-state index contributed by atoms with van der Waals surface area (Å²) in [5.74, 6) is 0. The van der Waals surface area contributed by atoms with Gasteiger partial charge in [0.2, 0.25) is 14.8 Å². The van der Waals surface area contributed by atoms with Crippen molar-refractivity contribution in [3.05, 3.63) is 78.9 Å². The third-order valence-electron chi connectivity index (χ3n) is 3.69. The maximum absolute atomic E-state index is 13.0. The summed E-state index contributed by atoms with van der Waals surface area (Å²) in [6.45, 7) is 3.68. The largest absolute Gasteiger partial charge is 0.344 e. The zero-order valence-corrected chi connectivity index (χ0v) is 12.3. The molecular formula is C17H16O3S. The molecule has 0 radical (unpaired) electrons. The molecule has 2 unspecified atom stereocenters. The van der Waals surface area contributed by atoms with Crippen LogP contribution in [0.25, 0.3) is 0 Å². The highest BCUT2D eigenvalue weighted by Gasteiger charge is 2.66. The summed E-state index contributed by atoms with van der Waals surface area (Å²) in [5, 5.41) is 0. The lowest BCUT2D eigenvalue weighted by atomic mass is 10.1. The van der Waals surface area contributed by atoms with E-state index in [1.165, 1.54) is 0 Å². The van der Waals surface area contributed by atoms with Crippen LogP contribution in [-0.4, -0.2) is 14.5 Å². The third-order valence-corrected chi connectivity index (χ3v) is 5.98. The van der Waals surface area contributed by atoms with Gasteiger partial charge in [0.25, 0.3) is 0 Å². The SMILES string of the molecule is C=CCC1OC1(c1ccccc1)S(=O)(=O)c1ccccc1. The second kappa shape index (κ2) is 5.13. The molecule has 1 aliphatic rings. The number of hydrogen-bond acceptors (Lipinski definition) is 3. The third kappa shape index (κ3) is 2.11. The highest BCUT2D eigenvalue weighted by atomic mass is 32.2. The molecule has 2 aromatic carbocycles. The Morgan fingerprint density at radius 3 is 2.19 bits per heavy atom. The Kier molecular flexibility index (Phi) is 3.43. The Hall–Kier alpha value is -1.91. The minimum atomic E-state index is -3.62. The number of rotatable bonds is 5. The van der Waals surface area contributed by atoms with Crippen LogP contribution in [-0.2, 0) is 19.5 Å². The van der Waals surface area contributed by atoms with E-state index in [1.54, 1.807) is 48.5 Å². The summed E-state index contributed by atoms with van der Waals surface area (Å²) in [4.78, 5) is -1.01. The molecule has 21 heavy (non-hydrogen) atoms. The van der Waals surface area contributed by atoms with Crippen molar-refractivity contribution in [2.75, 3.05) is 0 Å². The smallest absolute Gasteiger partial charge is 0.225 e. The van der Waals surface area contributed by atoms with Crippen molar-refractivity contribution in [1.82, 2.24) is 0 Å². The molecule has 0 spiro atoms. The van der Waals surface area contributed by atoms with Gasteiger partial charge in [0.05, 0.1) is 4.90 Å². The van der Waals surface area contributed by atoms with E-state index in [-0.39, 0.29) is 11.0 Å². The fourth-order valence-electron chi connectivity index (χ4n) is 2.62. The number of epoxide rings is 1. The van der Waals surface area contributed by atoms with E-state index in [1.807, 2.05) is 18.2 Å². The fourth-order valence-corrected chi connectivity index (χ4v) is 4.62. The van der Waals surface area contributed by atoms with E-state index in [9.17, 15) is 8.42 Å². The monoisotopic (exact) mass is 300 g/mol. The van der Waals surface area contributed by atoms with Crippen molar-refractivity contribution in [3.63, 3.8) is 0 Å². The van der Waals surface area contributed by atoms with E-state index in [2.05, 4.69) is 6.58 Å². The van der Waals surface area contributed by atoms with Crippen molar-refractivity contribution in [2.24, 2.45) is 0 Å². The Bertz CT molecular complexity index is 738. The second-order valence-corrected chi connectivity index (χ2v) is 7.07. The van der Waals surface area contributed by atoms with Crippen LogP contribution >= 0.6 is 0 Å². The molecule has 3 nitrogen and oxygen atoms in total. The van der Waals surface area contributed by atoms with E-state index in [0.29, 0.717) is 12.0 Å². The van der Waals surface area contributed by atoms with Gasteiger partial charge in [-0.1, -0.05) is 54.6 Å². The number of sulfone groups is 1. The molecule has 1 saturated heterocycles. The molecule has 0 amide bonds. The van der Waals surface area contributed by atoms with Crippen molar-refractivity contribution in [2.45, 2.75) is 22.4 Å². The van der Waals surface area contributed by atoms with Crippen molar-refractivity contribution < 1.29 is 13.2 Å². The highest BCUT2D eigenvalue weighted by molar-refractivity contribution is 7.92. The van der Waals surface area contributed by atoms with E-state index < -0.39 is 14.8 Å². The van der Waals surface area contributed by atoms with Crippen LogP contribution in [0.2, 0.25) is 0 Å². The quantitative estimate of drug-likeness (QED) is 0.629. The molecule has 2 aromatic rings. The van der Waals surface area contributed by atoms with Crippen molar-refractivity contribution in [1.29, 1.82) is 0 Å². The molecule has 2 atom stereocenters. The van der Waals surface area contributed by atoms with Gasteiger partial charge in [-0.05, 0) is 18.6 Å². The maximum Gasteiger partial charge on any atom is 0.225 e. The first kappa shape index (κ1) is 14.0. The first-order chi connectivity index (χ1) is 10.1. The van der Waals surface area contributed by atoms with Gasteiger partial charge in [-0.2, -0.15) is 0 Å². The van der Waals surface area contributed by atoms with Crippen molar-refractivity contribution in [3.8, 4) is 0 Å². The lowest BCUT2D eigenvalue weighted by molar-refractivity contribution is 0.347. The molecule has 3 rings (SSSR count). The van der Waals surface area contributed by atoms with Gasteiger partial charge >= 0.3 is 0 Å². The second-order valence-electron chi connectivity index (χ2n) is 4.98. The molecule has 0 bridgehead atoms. The molecular weight excluding hydrogens is 284 g/mol. The maximum atomic E-state index is 13.0. The average Bonchev–Trinajstić information content (AvgIpc) is 3.25. The van der Waals surface area contributed by atoms with Crippen LogP contribution in [0.1, 0.15) is 12.0 Å². The van der Waals surface area contributed by atoms with Gasteiger partial charge in [0, 0.05) is 5.56 Å². The summed E-state index contributed by atoms with van der Waals surface area (Å²) in [7, 11) is -3.62. The van der Waals surface area contributed by atoms with E-state index in [0.717, 1.165) is 0 Å². The van der Waals surface area contributed by atoms with Gasteiger partial charge in [0.15, 0.2) is 0 Å². The summed E-state index contributed by atoms with van der Waals surface area (Å²) >= 11 is 0. The normalized spacial score (nSPS) is 24.5. The van der Waals surface area contributed by atoms with Gasteiger partial charge in [-0.25, -0.2) is 8.42 Å². The van der Waals surface area contributed by atoms with Crippen LogP contribution in [0, 0.1) is 0 Å². The average molecular weight is 300 g/mol. The number of ether oxygens (including phenoxy) is 1. The zero-order chi connectivity index (χ0) is 14.9. The molecule has 0 aromatic heterocycles. The highest BCUT2D eigenvalue weighted by Crippen LogP contribution is 2.54. The Morgan fingerprint density at radius 2 is 1.62 bits per heavy atom. The van der Waals surface area contributed by atoms with Gasteiger partial charge in [0.1, 0.15) is 6.10 Å². The standard InChI is InChI=1S/C17H16O3S/c1-2-9-16-17(20-16,14-10-5-3-6-11-14)21(18,19)15-12-7-4-8-13-15/h2-8,10-13,16H,1,9H2. The van der Waals surface area contributed by atoms with Crippen LogP contribution in [0.15, 0.2) is 78.2 Å². The molecule has 1 aliphatic heterocycles. The summed E-state index contributed by atoms with van der Waals surface area (Å²) in [6.07, 6.45) is 1.80. The number of benzene rings is 2. The molecule has 0 N–H and O–H groups in total. The Morgan fingerprint density at radius 1 is 1.05 bits per heavy atom. The molecule has 108 valence electrons. The van der Waals surface area contributed by atoms with E-state index in [4.69, 9.17) is 4.74 Å². The Labute approximate surface area is 124 Å². The lowest BCUT2D eigenvalue weighted by Gasteiger charge is -2.15. The van der Waals surface area contributed by atoms with Crippen LogP contribution in [0.3, 0.4) is 0 Å². The van der Waals surface area contributed by atoms with Gasteiger partial charge in [-0.15, -0.1) is 6.58 Å². The zero-order valence-electron chi connectivity index (χ0n) is 11.5. The molecule has 0 saturated carbocycles. The molecule has 4 heteroatoms. The molecule has 1 fully saturated rings. The predicted octanol–water partition coefficient (Wildman–Crippen LogP) is 3.29. The van der Waals surface area contributed by atoms with Crippen LogP contribution in [0.4, 0.5) is 0 Å². The topological polar surface area (TPSA) is 46.7 Å². The van der Waals surface area contributed by atoms with Crippen LogP contribution in [0.5, 0.6) is 0 Å². The van der Waals surface area contributed by atoms with Gasteiger partial charge in [-0.3, -0.25) is 0 Å². The number of hydrogen-bond donors (Lipinski definition) is 0. The first-order valence-electron chi connectivity index (χ1n) is 6.77. The summed E-state index contributed by atoms with van der Waals surface area (Å²) < 4.78 is 31.8. The van der Waals surface area contributed by atoms with Crippen molar-refractivity contribution >= 4 is 9.84 Å². The van der Waals surface area contributed by atoms with Crippen LogP contribution < -0.4 is 0 Å². The molecule has 1 heterocycles. The lowest BCUT2D eigenvalue weighted by Crippen LogP contribution is -2.25. The first-order valence-corrected chi connectivity index (χ1v) is 8.25. The fraction of sp³-hybridized carbons (Fsp3) is 0.176. The molecule has 0 aliphatic carbocycles. The Balaban J connectivity index is 2.13. The minimum absolute atomic E-state index is 0.278. The summed E-state index contributed by atoms with van der Waals surface area (Å²) in [5.41, 5.74) is 0.667.